The minimum absolute atomic E-state index is 0.0345. The van der Waals surface area contributed by atoms with Gasteiger partial charge in [0.1, 0.15) is 4.90 Å². The largest absolute Gasteiger partial charge is 0.363 e. The van der Waals surface area contributed by atoms with Gasteiger partial charge < -0.3 is 10.1 Å². The van der Waals surface area contributed by atoms with Gasteiger partial charge in [-0.3, -0.25) is 4.72 Å². The van der Waals surface area contributed by atoms with Crippen molar-refractivity contribution in [3.63, 3.8) is 0 Å². The fourth-order valence-corrected chi connectivity index (χ4v) is 2.25. The second kappa shape index (κ2) is 5.35. The molecule has 11 heteroatoms. The van der Waals surface area contributed by atoms with E-state index in [4.69, 9.17) is 11.6 Å². The highest BCUT2D eigenvalue weighted by Crippen LogP contribution is 2.16. The van der Waals surface area contributed by atoms with Gasteiger partial charge in [-0.05, 0) is 28.1 Å². The van der Waals surface area contributed by atoms with Crippen molar-refractivity contribution in [2.45, 2.75) is 4.90 Å². The van der Waals surface area contributed by atoms with E-state index in [2.05, 4.69) is 19.9 Å². The molecule has 0 aromatic carbocycles. The summed E-state index contributed by atoms with van der Waals surface area (Å²) in [5.74, 6) is -0.483. The molecule has 0 aliphatic heterocycles. The van der Waals surface area contributed by atoms with Gasteiger partial charge in [0.15, 0.2) is 17.2 Å². The molecule has 0 aliphatic rings. The lowest BCUT2D eigenvalue weighted by molar-refractivity contribution is -0.389. The number of nitrogens with zero attached hydrogens (tertiary/aromatic N) is 4. The zero-order chi connectivity index (χ0) is 14.8. The Morgan fingerprint density at radius 1 is 1.20 bits per heavy atom. The number of sulfonamides is 1. The Kier molecular flexibility index (Phi) is 3.77. The highest BCUT2D eigenvalue weighted by atomic mass is 35.5. The molecule has 2 rings (SSSR count). The summed E-state index contributed by atoms with van der Waals surface area (Å²) >= 11 is 5.52. The molecule has 0 amide bonds. The van der Waals surface area contributed by atoms with E-state index in [1.165, 1.54) is 12.1 Å². The summed E-state index contributed by atoms with van der Waals surface area (Å²) in [5.41, 5.74) is 0. The standard InChI is InChI=1S/C9H6ClN5O4S/c10-7-2-3-8(13-12-7)14-20(18,19)6-1-4-9(11-5-6)15(16)17/h1-5H,(H,13,14). The lowest BCUT2D eigenvalue weighted by Gasteiger charge is -2.05. The van der Waals surface area contributed by atoms with Gasteiger partial charge in [-0.2, -0.15) is 0 Å². The molecule has 0 atom stereocenters. The molecule has 9 nitrogen and oxygen atoms in total. The van der Waals surface area contributed by atoms with Crippen LogP contribution in [0.2, 0.25) is 5.15 Å². The van der Waals surface area contributed by atoms with E-state index in [0.29, 0.717) is 0 Å². The maximum absolute atomic E-state index is 11.9. The molecule has 1 N–H and O–H groups in total. The third-order valence-corrected chi connectivity index (χ3v) is 3.63. The average molecular weight is 316 g/mol. The molecule has 20 heavy (non-hydrogen) atoms. The van der Waals surface area contributed by atoms with Crippen LogP contribution >= 0.6 is 11.6 Å². The second-order valence-corrected chi connectivity index (χ2v) is 5.53. The highest BCUT2D eigenvalue weighted by Gasteiger charge is 2.18. The fraction of sp³-hybridized carbons (Fsp3) is 0. The predicted octanol–water partition coefficient (Wildman–Crippen LogP) is 1.23. The maximum Gasteiger partial charge on any atom is 0.363 e. The van der Waals surface area contributed by atoms with E-state index in [9.17, 15) is 18.5 Å². The molecule has 2 aromatic heterocycles. The Labute approximate surface area is 117 Å². The molecular weight excluding hydrogens is 310 g/mol. The minimum Gasteiger partial charge on any atom is -0.358 e. The molecular formula is C9H6ClN5O4S. The van der Waals surface area contributed by atoms with Gasteiger partial charge in [0, 0.05) is 6.07 Å². The summed E-state index contributed by atoms with van der Waals surface area (Å²) in [5, 5.41) is 17.6. The number of halogens is 1. The topological polar surface area (TPSA) is 128 Å². The Bertz CT molecular complexity index is 732. The smallest absolute Gasteiger partial charge is 0.358 e. The first-order valence-electron chi connectivity index (χ1n) is 5.01. The molecule has 2 aromatic rings. The summed E-state index contributed by atoms with van der Waals surface area (Å²) < 4.78 is 26.0. The summed E-state index contributed by atoms with van der Waals surface area (Å²) in [6, 6.07) is 4.74. The Morgan fingerprint density at radius 3 is 2.45 bits per heavy atom. The first kappa shape index (κ1) is 14.1. The van der Waals surface area contributed by atoms with Crippen LogP contribution in [-0.4, -0.2) is 28.5 Å². The summed E-state index contributed by atoms with van der Waals surface area (Å²) in [4.78, 5) is 12.9. The highest BCUT2D eigenvalue weighted by molar-refractivity contribution is 7.92. The van der Waals surface area contributed by atoms with E-state index >= 15 is 0 Å². The van der Waals surface area contributed by atoms with Crippen LogP contribution in [0.15, 0.2) is 35.4 Å². The van der Waals surface area contributed by atoms with E-state index in [0.717, 1.165) is 18.3 Å². The van der Waals surface area contributed by atoms with Crippen molar-refractivity contribution in [1.82, 2.24) is 15.2 Å². The summed E-state index contributed by atoms with van der Waals surface area (Å²) in [6.45, 7) is 0. The van der Waals surface area contributed by atoms with Crippen molar-refractivity contribution in [3.05, 3.63) is 45.7 Å². The van der Waals surface area contributed by atoms with Crippen LogP contribution in [-0.2, 0) is 10.0 Å². The normalized spacial score (nSPS) is 11.1. The molecule has 0 saturated carbocycles. The third-order valence-electron chi connectivity index (χ3n) is 2.09. The van der Waals surface area contributed by atoms with Crippen molar-refractivity contribution in [2.24, 2.45) is 0 Å². The van der Waals surface area contributed by atoms with E-state index in [-0.39, 0.29) is 15.9 Å². The van der Waals surface area contributed by atoms with Crippen LogP contribution in [0.1, 0.15) is 0 Å². The molecule has 0 fully saturated rings. The van der Waals surface area contributed by atoms with Crippen molar-refractivity contribution < 1.29 is 13.3 Å². The van der Waals surface area contributed by atoms with Crippen molar-refractivity contribution in [1.29, 1.82) is 0 Å². The van der Waals surface area contributed by atoms with E-state index in [1.807, 2.05) is 0 Å². The van der Waals surface area contributed by atoms with Gasteiger partial charge >= 0.3 is 5.82 Å². The number of nitrogens with one attached hydrogen (secondary N) is 1. The number of hydrogen-bond donors (Lipinski definition) is 1. The number of anilines is 1. The molecule has 0 saturated heterocycles. The second-order valence-electron chi connectivity index (χ2n) is 3.46. The number of pyridine rings is 1. The van der Waals surface area contributed by atoms with Crippen LogP contribution in [0.3, 0.4) is 0 Å². The number of rotatable bonds is 4. The van der Waals surface area contributed by atoms with Crippen LogP contribution in [0.25, 0.3) is 0 Å². The van der Waals surface area contributed by atoms with Crippen molar-refractivity contribution >= 4 is 33.3 Å². The molecule has 104 valence electrons. The number of aromatic nitrogens is 3. The van der Waals surface area contributed by atoms with Crippen molar-refractivity contribution in [2.75, 3.05) is 4.72 Å². The average Bonchev–Trinajstić information content (AvgIpc) is 2.41. The van der Waals surface area contributed by atoms with Gasteiger partial charge in [-0.15, -0.1) is 10.2 Å². The number of nitro groups is 1. The summed E-state index contributed by atoms with van der Waals surface area (Å²) in [6.07, 6.45) is 0.879. The Balaban J connectivity index is 2.26. The third kappa shape index (κ3) is 3.16. The van der Waals surface area contributed by atoms with Gasteiger partial charge in [-0.25, -0.2) is 8.42 Å². The predicted molar refractivity (Wildman–Crippen MR) is 68.7 cm³/mol. The first-order chi connectivity index (χ1) is 9.38. The SMILES string of the molecule is O=[N+]([O-])c1ccc(S(=O)(=O)Nc2ccc(Cl)nn2)cn1. The van der Waals surface area contributed by atoms with Crippen LogP contribution in [0.4, 0.5) is 11.6 Å². The van der Waals surface area contributed by atoms with Crippen LogP contribution < -0.4 is 4.72 Å². The molecule has 0 radical (unpaired) electrons. The summed E-state index contributed by atoms with van der Waals surface area (Å²) in [7, 11) is -3.95. The Morgan fingerprint density at radius 2 is 1.95 bits per heavy atom. The van der Waals surface area contributed by atoms with Crippen LogP contribution in [0, 0.1) is 10.1 Å². The Hall–Kier alpha value is -2.33. The molecule has 0 spiro atoms. The van der Waals surface area contributed by atoms with E-state index < -0.39 is 20.8 Å². The zero-order valence-corrected chi connectivity index (χ0v) is 11.2. The number of hydrogen-bond acceptors (Lipinski definition) is 7. The van der Waals surface area contributed by atoms with E-state index in [1.54, 1.807) is 0 Å². The fourth-order valence-electron chi connectivity index (χ4n) is 1.21. The quantitative estimate of drug-likeness (QED) is 0.663. The zero-order valence-electron chi connectivity index (χ0n) is 9.59. The first-order valence-corrected chi connectivity index (χ1v) is 6.87. The maximum atomic E-state index is 11.9. The monoisotopic (exact) mass is 315 g/mol. The lowest BCUT2D eigenvalue weighted by atomic mass is 10.5. The molecule has 0 aliphatic carbocycles. The molecule has 0 unspecified atom stereocenters. The molecule has 2 heterocycles. The van der Waals surface area contributed by atoms with Gasteiger partial charge in [-0.1, -0.05) is 11.6 Å². The van der Waals surface area contributed by atoms with Gasteiger partial charge in [0.05, 0.1) is 0 Å². The van der Waals surface area contributed by atoms with Crippen molar-refractivity contribution in [3.8, 4) is 0 Å². The van der Waals surface area contributed by atoms with Crippen LogP contribution in [0.5, 0.6) is 0 Å². The van der Waals surface area contributed by atoms with Gasteiger partial charge in [0.2, 0.25) is 0 Å². The molecule has 0 bridgehead atoms. The minimum atomic E-state index is -3.95. The lowest BCUT2D eigenvalue weighted by Crippen LogP contribution is -2.14. The van der Waals surface area contributed by atoms with Gasteiger partial charge in [0.25, 0.3) is 10.0 Å².